The molecule has 2 N–H and O–H groups in total. The molecule has 116 valence electrons. The third kappa shape index (κ3) is 4.24. The van der Waals surface area contributed by atoms with Gasteiger partial charge in [0.15, 0.2) is 5.96 Å². The van der Waals surface area contributed by atoms with Crippen LogP contribution in [0.15, 0.2) is 23.5 Å². The molecule has 0 aromatic carbocycles. The van der Waals surface area contributed by atoms with E-state index in [-0.39, 0.29) is 11.9 Å². The summed E-state index contributed by atoms with van der Waals surface area (Å²) in [6.45, 7) is 4.24. The minimum absolute atomic E-state index is 0.228. The first-order valence-electron chi connectivity index (χ1n) is 7.48. The fourth-order valence-electron chi connectivity index (χ4n) is 2.57. The van der Waals surface area contributed by atoms with Crippen molar-refractivity contribution in [3.63, 3.8) is 0 Å². The number of hydrogen-bond donors (Lipinski definition) is 2. The molecule has 1 aromatic rings. The quantitative estimate of drug-likeness (QED) is 0.634. The lowest BCUT2D eigenvalue weighted by atomic mass is 10.3. The maximum Gasteiger partial charge on any atom is 0.222 e. The zero-order chi connectivity index (χ0) is 15.2. The number of nitrogens with zero attached hydrogens (tertiary/aromatic N) is 3. The fraction of sp³-hybridized carbons (Fsp3) is 0.600. The van der Waals surface area contributed by atoms with Crippen LogP contribution in [0.2, 0.25) is 0 Å². The summed E-state index contributed by atoms with van der Waals surface area (Å²) in [6.07, 6.45) is 5.65. The molecule has 2 heterocycles. The standard InChI is InChI=1S/C15H25N5O/c1-4-14(21)20-8-6-13(11-20)18-15(16-2)17-9-12-5-7-19(3)10-12/h5,7,10,13H,4,6,8-9,11H2,1-3H3,(H2,16,17,18). The third-order valence-electron chi connectivity index (χ3n) is 3.76. The lowest BCUT2D eigenvalue weighted by molar-refractivity contribution is -0.129. The molecule has 1 fully saturated rings. The first-order valence-corrected chi connectivity index (χ1v) is 7.48. The highest BCUT2D eigenvalue weighted by molar-refractivity contribution is 5.80. The van der Waals surface area contributed by atoms with Gasteiger partial charge in [-0.15, -0.1) is 0 Å². The summed E-state index contributed by atoms with van der Waals surface area (Å²) in [4.78, 5) is 17.8. The van der Waals surface area contributed by atoms with E-state index in [0.29, 0.717) is 6.42 Å². The van der Waals surface area contributed by atoms with E-state index >= 15 is 0 Å². The van der Waals surface area contributed by atoms with E-state index in [1.54, 1.807) is 7.05 Å². The maximum absolute atomic E-state index is 11.7. The van der Waals surface area contributed by atoms with Crippen molar-refractivity contribution in [3.05, 3.63) is 24.0 Å². The van der Waals surface area contributed by atoms with Crippen molar-refractivity contribution < 1.29 is 4.79 Å². The summed E-state index contributed by atoms with van der Waals surface area (Å²) in [7, 11) is 3.78. The number of aliphatic imine (C=N–C) groups is 1. The summed E-state index contributed by atoms with van der Waals surface area (Å²) in [5, 5.41) is 6.70. The van der Waals surface area contributed by atoms with Crippen molar-refractivity contribution in [2.75, 3.05) is 20.1 Å². The molecular weight excluding hydrogens is 266 g/mol. The molecule has 0 radical (unpaired) electrons. The number of likely N-dealkylation sites (tertiary alicyclic amines) is 1. The normalized spacial score (nSPS) is 18.9. The number of rotatable bonds is 4. The van der Waals surface area contributed by atoms with Gasteiger partial charge in [0.25, 0.3) is 0 Å². The number of guanidine groups is 1. The van der Waals surface area contributed by atoms with Crippen LogP contribution in [0.25, 0.3) is 0 Å². The van der Waals surface area contributed by atoms with Crippen molar-refractivity contribution >= 4 is 11.9 Å². The molecule has 1 aromatic heterocycles. The van der Waals surface area contributed by atoms with E-state index in [9.17, 15) is 4.79 Å². The molecule has 0 bridgehead atoms. The Labute approximate surface area is 126 Å². The highest BCUT2D eigenvalue weighted by atomic mass is 16.2. The second kappa shape index (κ2) is 7.15. The largest absolute Gasteiger partial charge is 0.357 e. The molecule has 1 atom stereocenters. The van der Waals surface area contributed by atoms with Crippen molar-refractivity contribution in [1.82, 2.24) is 20.1 Å². The predicted molar refractivity (Wildman–Crippen MR) is 84.0 cm³/mol. The molecule has 0 spiro atoms. The Morgan fingerprint density at radius 1 is 1.52 bits per heavy atom. The fourth-order valence-corrected chi connectivity index (χ4v) is 2.57. The molecular formula is C15H25N5O. The molecule has 21 heavy (non-hydrogen) atoms. The number of amides is 1. The number of hydrogen-bond acceptors (Lipinski definition) is 2. The molecule has 1 amide bonds. The van der Waals surface area contributed by atoms with Crippen LogP contribution in [-0.2, 0) is 18.4 Å². The summed E-state index contributed by atoms with van der Waals surface area (Å²) in [5.41, 5.74) is 1.22. The summed E-state index contributed by atoms with van der Waals surface area (Å²) in [6, 6.07) is 2.36. The number of carbonyl (C=O) groups is 1. The SMILES string of the molecule is CCC(=O)N1CCC(NC(=NC)NCc2ccn(C)c2)C1. The number of aromatic nitrogens is 1. The second-order valence-corrected chi connectivity index (χ2v) is 5.43. The van der Waals surface area contributed by atoms with Crippen LogP contribution in [0.1, 0.15) is 25.3 Å². The van der Waals surface area contributed by atoms with Gasteiger partial charge in [-0.1, -0.05) is 6.92 Å². The Bertz CT molecular complexity index is 508. The summed E-state index contributed by atoms with van der Waals surface area (Å²) < 4.78 is 2.03. The van der Waals surface area contributed by atoms with E-state index in [2.05, 4.69) is 27.9 Å². The first-order chi connectivity index (χ1) is 10.1. The predicted octanol–water partition coefficient (Wildman–Crippen LogP) is 0.701. The van der Waals surface area contributed by atoms with Gasteiger partial charge in [0.05, 0.1) is 0 Å². The Morgan fingerprint density at radius 3 is 2.95 bits per heavy atom. The van der Waals surface area contributed by atoms with Gasteiger partial charge in [-0.3, -0.25) is 9.79 Å². The number of aryl methyl sites for hydroxylation is 1. The van der Waals surface area contributed by atoms with Crippen LogP contribution < -0.4 is 10.6 Å². The van der Waals surface area contributed by atoms with Crippen LogP contribution in [0.3, 0.4) is 0 Å². The minimum Gasteiger partial charge on any atom is -0.357 e. The Kier molecular flexibility index (Phi) is 5.25. The van der Waals surface area contributed by atoms with Crippen molar-refractivity contribution in [1.29, 1.82) is 0 Å². The molecule has 0 aliphatic carbocycles. The number of nitrogens with one attached hydrogen (secondary N) is 2. The maximum atomic E-state index is 11.7. The van der Waals surface area contributed by atoms with E-state index in [1.807, 2.05) is 29.6 Å². The molecule has 1 unspecified atom stereocenters. The minimum atomic E-state index is 0.228. The summed E-state index contributed by atoms with van der Waals surface area (Å²) in [5.74, 6) is 1.01. The molecule has 1 saturated heterocycles. The second-order valence-electron chi connectivity index (χ2n) is 5.43. The van der Waals surface area contributed by atoms with E-state index < -0.39 is 0 Å². The third-order valence-corrected chi connectivity index (χ3v) is 3.76. The lowest BCUT2D eigenvalue weighted by Gasteiger charge is -2.18. The zero-order valence-electron chi connectivity index (χ0n) is 13.1. The molecule has 1 aliphatic heterocycles. The van der Waals surface area contributed by atoms with Crippen molar-refractivity contribution in [2.24, 2.45) is 12.0 Å². The average molecular weight is 291 g/mol. The zero-order valence-corrected chi connectivity index (χ0v) is 13.1. The van der Waals surface area contributed by atoms with Crippen LogP contribution in [0, 0.1) is 0 Å². The van der Waals surface area contributed by atoms with E-state index in [4.69, 9.17) is 0 Å². The lowest BCUT2D eigenvalue weighted by Crippen LogP contribution is -2.44. The van der Waals surface area contributed by atoms with Gasteiger partial charge in [0, 0.05) is 58.6 Å². The van der Waals surface area contributed by atoms with Crippen LogP contribution in [0.4, 0.5) is 0 Å². The van der Waals surface area contributed by atoms with Gasteiger partial charge >= 0.3 is 0 Å². The van der Waals surface area contributed by atoms with Gasteiger partial charge in [-0.05, 0) is 18.1 Å². The van der Waals surface area contributed by atoms with Gasteiger partial charge in [-0.25, -0.2) is 0 Å². The smallest absolute Gasteiger partial charge is 0.222 e. The van der Waals surface area contributed by atoms with Gasteiger partial charge < -0.3 is 20.1 Å². The topological polar surface area (TPSA) is 61.7 Å². The Balaban J connectivity index is 1.79. The van der Waals surface area contributed by atoms with E-state index in [1.165, 1.54) is 5.56 Å². The van der Waals surface area contributed by atoms with Crippen molar-refractivity contribution in [2.45, 2.75) is 32.4 Å². The van der Waals surface area contributed by atoms with Crippen LogP contribution in [0.5, 0.6) is 0 Å². The Hall–Kier alpha value is -1.98. The molecule has 1 aliphatic rings. The van der Waals surface area contributed by atoms with E-state index in [0.717, 1.165) is 32.0 Å². The van der Waals surface area contributed by atoms with Crippen molar-refractivity contribution in [3.8, 4) is 0 Å². The van der Waals surface area contributed by atoms with Gasteiger partial charge in [0.2, 0.25) is 5.91 Å². The Morgan fingerprint density at radius 2 is 2.33 bits per heavy atom. The molecule has 6 heteroatoms. The molecule has 0 saturated carbocycles. The monoisotopic (exact) mass is 291 g/mol. The first kappa shape index (κ1) is 15.4. The highest BCUT2D eigenvalue weighted by Gasteiger charge is 2.25. The van der Waals surface area contributed by atoms with Crippen LogP contribution >= 0.6 is 0 Å². The van der Waals surface area contributed by atoms with Gasteiger partial charge in [0.1, 0.15) is 0 Å². The van der Waals surface area contributed by atoms with Crippen LogP contribution in [-0.4, -0.2) is 47.5 Å². The molecule has 2 rings (SSSR count). The highest BCUT2D eigenvalue weighted by Crippen LogP contribution is 2.10. The molecule has 6 nitrogen and oxygen atoms in total. The number of carbonyl (C=O) groups excluding carboxylic acids is 1. The summed E-state index contributed by atoms with van der Waals surface area (Å²) >= 11 is 0. The van der Waals surface area contributed by atoms with Gasteiger partial charge in [-0.2, -0.15) is 0 Å². The average Bonchev–Trinajstić information content (AvgIpc) is 3.11.